The Balaban J connectivity index is 2.16. The van der Waals surface area contributed by atoms with Gasteiger partial charge in [-0.1, -0.05) is 0 Å². The van der Waals surface area contributed by atoms with Gasteiger partial charge in [-0.05, 0) is 0 Å². The summed E-state index contributed by atoms with van der Waals surface area (Å²) in [5.41, 5.74) is 5.24. The number of nitrogens with zero attached hydrogens (tertiary/aromatic N) is 3. The molecule has 98 valence electrons. The van der Waals surface area contributed by atoms with Crippen LogP contribution < -0.4 is 10.6 Å². The summed E-state index contributed by atoms with van der Waals surface area (Å²) in [5, 5.41) is 10.6. The van der Waals surface area contributed by atoms with E-state index >= 15 is 0 Å². The number of aromatic nitrogens is 1. The maximum Gasteiger partial charge on any atom is 0.310 e. The van der Waals surface area contributed by atoms with Crippen molar-refractivity contribution >= 4 is 17.2 Å². The molecule has 1 aliphatic heterocycles. The molecule has 0 amide bonds. The summed E-state index contributed by atoms with van der Waals surface area (Å²) in [6.45, 7) is 0.328. The molecular formula is C10H12F2N4O2. The molecule has 6 nitrogen and oxygen atoms in total. The minimum atomic E-state index is -2.64. The molecule has 0 unspecified atom stereocenters. The van der Waals surface area contributed by atoms with Crippen LogP contribution in [0.25, 0.3) is 0 Å². The Morgan fingerprint density at radius 1 is 1.44 bits per heavy atom. The number of hydrogen-bond donors (Lipinski definition) is 1. The zero-order valence-corrected chi connectivity index (χ0v) is 9.47. The third-order valence-electron chi connectivity index (χ3n) is 2.92. The van der Waals surface area contributed by atoms with Gasteiger partial charge >= 0.3 is 5.69 Å². The average molecular weight is 258 g/mol. The number of pyridine rings is 1. The summed E-state index contributed by atoms with van der Waals surface area (Å²) in [7, 11) is 0. The van der Waals surface area contributed by atoms with Gasteiger partial charge < -0.3 is 10.6 Å². The summed E-state index contributed by atoms with van der Waals surface area (Å²) in [6, 6.07) is 1.35. The fraction of sp³-hybridized carbons (Fsp3) is 0.500. The van der Waals surface area contributed by atoms with Crippen LogP contribution in [0, 0.1) is 10.1 Å². The van der Waals surface area contributed by atoms with Gasteiger partial charge in [0, 0.05) is 32.0 Å². The van der Waals surface area contributed by atoms with Gasteiger partial charge in [-0.3, -0.25) is 10.1 Å². The highest BCUT2D eigenvalue weighted by Gasteiger charge is 2.34. The van der Waals surface area contributed by atoms with Gasteiger partial charge in [0.05, 0.1) is 4.92 Å². The van der Waals surface area contributed by atoms with E-state index in [-0.39, 0.29) is 37.3 Å². The first-order valence-corrected chi connectivity index (χ1v) is 5.42. The van der Waals surface area contributed by atoms with Crippen LogP contribution in [0.1, 0.15) is 12.8 Å². The molecule has 8 heteroatoms. The topological polar surface area (TPSA) is 85.3 Å². The Morgan fingerprint density at radius 3 is 2.56 bits per heavy atom. The minimum Gasteiger partial charge on any atom is -0.393 e. The molecule has 1 aliphatic rings. The molecule has 0 saturated carbocycles. The third-order valence-corrected chi connectivity index (χ3v) is 2.92. The smallest absolute Gasteiger partial charge is 0.310 e. The Morgan fingerprint density at radius 2 is 2.06 bits per heavy atom. The zero-order chi connectivity index (χ0) is 13.3. The number of nitrogens with two attached hydrogens (primary N) is 1. The predicted molar refractivity (Wildman–Crippen MR) is 61.7 cm³/mol. The summed E-state index contributed by atoms with van der Waals surface area (Å²) >= 11 is 0. The van der Waals surface area contributed by atoms with Crippen molar-refractivity contribution in [2.45, 2.75) is 18.8 Å². The molecule has 1 aromatic heterocycles. The monoisotopic (exact) mass is 258 g/mol. The lowest BCUT2D eigenvalue weighted by Crippen LogP contribution is -2.39. The molecule has 18 heavy (non-hydrogen) atoms. The summed E-state index contributed by atoms with van der Waals surface area (Å²) in [4.78, 5) is 15.5. The number of rotatable bonds is 2. The van der Waals surface area contributed by atoms with Crippen LogP contribution in [0.5, 0.6) is 0 Å². The van der Waals surface area contributed by atoms with Gasteiger partial charge in [0.15, 0.2) is 0 Å². The van der Waals surface area contributed by atoms with Crippen LogP contribution >= 0.6 is 0 Å². The van der Waals surface area contributed by atoms with Crippen LogP contribution in [0.2, 0.25) is 0 Å². The van der Waals surface area contributed by atoms with Crippen molar-refractivity contribution in [1.82, 2.24) is 4.98 Å². The summed E-state index contributed by atoms with van der Waals surface area (Å²) in [6.07, 6.45) is 0.564. The second kappa shape index (κ2) is 4.35. The third kappa shape index (κ3) is 2.47. The van der Waals surface area contributed by atoms with Crippen LogP contribution in [-0.4, -0.2) is 28.9 Å². The van der Waals surface area contributed by atoms with Gasteiger partial charge in [0.1, 0.15) is 17.7 Å². The van der Waals surface area contributed by atoms with Crippen molar-refractivity contribution in [3.8, 4) is 0 Å². The zero-order valence-electron chi connectivity index (χ0n) is 9.47. The van der Waals surface area contributed by atoms with Crippen molar-refractivity contribution in [1.29, 1.82) is 0 Å². The number of hydrogen-bond acceptors (Lipinski definition) is 5. The molecular weight excluding hydrogens is 246 g/mol. The average Bonchev–Trinajstić information content (AvgIpc) is 2.28. The maximum atomic E-state index is 13.0. The van der Waals surface area contributed by atoms with Crippen LogP contribution in [0.3, 0.4) is 0 Å². The molecule has 2 rings (SSSR count). The Bertz CT molecular complexity index is 471. The second-order valence-electron chi connectivity index (χ2n) is 4.20. The number of alkyl halides is 2. The highest BCUT2D eigenvalue weighted by Crippen LogP contribution is 2.31. The van der Waals surface area contributed by atoms with E-state index in [4.69, 9.17) is 5.73 Å². The summed E-state index contributed by atoms with van der Waals surface area (Å²) < 4.78 is 26.0. The van der Waals surface area contributed by atoms with E-state index in [0.29, 0.717) is 5.82 Å². The van der Waals surface area contributed by atoms with Gasteiger partial charge in [-0.15, -0.1) is 0 Å². The van der Waals surface area contributed by atoms with E-state index in [1.165, 1.54) is 6.07 Å². The van der Waals surface area contributed by atoms with Gasteiger partial charge in [-0.25, -0.2) is 13.8 Å². The molecule has 1 fully saturated rings. The fourth-order valence-electron chi connectivity index (χ4n) is 1.84. The van der Waals surface area contributed by atoms with E-state index in [9.17, 15) is 18.9 Å². The van der Waals surface area contributed by atoms with Crippen molar-refractivity contribution in [2.75, 3.05) is 23.7 Å². The van der Waals surface area contributed by atoms with E-state index in [0.717, 1.165) is 6.20 Å². The number of piperidine rings is 1. The normalized spacial score (nSPS) is 18.7. The van der Waals surface area contributed by atoms with Crippen LogP contribution in [0.15, 0.2) is 12.3 Å². The molecule has 0 aliphatic carbocycles. The molecule has 0 aromatic carbocycles. The number of halogens is 2. The standard InChI is InChI=1S/C10H12F2N4O2/c11-10(12)1-3-15(4-2-10)9-5-7(13)8(6-14-9)16(17)18/h5-6H,1-4H2,(H2,13,14). The molecule has 0 spiro atoms. The molecule has 2 heterocycles. The quantitative estimate of drug-likeness (QED) is 0.645. The highest BCUT2D eigenvalue weighted by atomic mass is 19.3. The van der Waals surface area contributed by atoms with Crippen molar-refractivity contribution < 1.29 is 13.7 Å². The minimum absolute atomic E-state index is 0.0117. The lowest BCUT2D eigenvalue weighted by Gasteiger charge is -2.32. The van der Waals surface area contributed by atoms with E-state index in [1.807, 2.05) is 0 Å². The molecule has 0 bridgehead atoms. The highest BCUT2D eigenvalue weighted by molar-refractivity contribution is 5.62. The predicted octanol–water partition coefficient (Wildman–Crippen LogP) is 1.81. The van der Waals surface area contributed by atoms with Crippen molar-refractivity contribution in [2.24, 2.45) is 0 Å². The first-order valence-electron chi connectivity index (χ1n) is 5.42. The van der Waals surface area contributed by atoms with E-state index < -0.39 is 10.8 Å². The maximum absolute atomic E-state index is 13.0. The molecule has 1 aromatic rings. The number of nitrogen functional groups attached to an aromatic ring is 1. The first-order chi connectivity index (χ1) is 8.39. The van der Waals surface area contributed by atoms with Crippen molar-refractivity contribution in [3.05, 3.63) is 22.4 Å². The van der Waals surface area contributed by atoms with Crippen LogP contribution in [-0.2, 0) is 0 Å². The van der Waals surface area contributed by atoms with Crippen molar-refractivity contribution in [3.63, 3.8) is 0 Å². The SMILES string of the molecule is Nc1cc(N2CCC(F)(F)CC2)ncc1[N+](=O)[O-]. The molecule has 2 N–H and O–H groups in total. The lowest BCUT2D eigenvalue weighted by molar-refractivity contribution is -0.384. The largest absolute Gasteiger partial charge is 0.393 e. The van der Waals surface area contributed by atoms with Gasteiger partial charge in [-0.2, -0.15) is 0 Å². The van der Waals surface area contributed by atoms with E-state index in [2.05, 4.69) is 4.98 Å². The fourth-order valence-corrected chi connectivity index (χ4v) is 1.84. The first kappa shape index (κ1) is 12.5. The molecule has 0 radical (unpaired) electrons. The van der Waals surface area contributed by atoms with Gasteiger partial charge in [0.25, 0.3) is 5.92 Å². The lowest BCUT2D eigenvalue weighted by atomic mass is 10.1. The second-order valence-corrected chi connectivity index (χ2v) is 4.20. The van der Waals surface area contributed by atoms with Crippen LogP contribution in [0.4, 0.5) is 26.0 Å². The molecule has 1 saturated heterocycles. The number of nitro groups is 1. The Labute approximate surface area is 102 Å². The molecule has 0 atom stereocenters. The van der Waals surface area contributed by atoms with Gasteiger partial charge in [0.2, 0.25) is 0 Å². The number of anilines is 2. The summed E-state index contributed by atoms with van der Waals surface area (Å²) in [5.74, 6) is -2.24. The van der Waals surface area contributed by atoms with E-state index in [1.54, 1.807) is 4.90 Å². The Kier molecular flexibility index (Phi) is 3.02. The Hall–Kier alpha value is -1.99.